The van der Waals surface area contributed by atoms with Crippen molar-refractivity contribution in [3.8, 4) is 22.4 Å². The van der Waals surface area contributed by atoms with Gasteiger partial charge < -0.3 is 0 Å². The third-order valence-corrected chi connectivity index (χ3v) is 5.95. The van der Waals surface area contributed by atoms with Crippen molar-refractivity contribution >= 4 is 11.6 Å². The van der Waals surface area contributed by atoms with E-state index in [1.807, 2.05) is 12.1 Å². The summed E-state index contributed by atoms with van der Waals surface area (Å²) >= 11 is 5.46. The Hall–Kier alpha value is -1.71. The van der Waals surface area contributed by atoms with Crippen molar-refractivity contribution in [2.24, 2.45) is 5.92 Å². The summed E-state index contributed by atoms with van der Waals surface area (Å²) in [6.45, 7) is 2.29. The van der Waals surface area contributed by atoms with Crippen LogP contribution in [-0.2, 0) is 0 Å². The SMILES string of the molecule is CCCCCC1CCC(c2ccc(-c3ccc(C#CCl)cc3)cc2)CC1. The van der Waals surface area contributed by atoms with Crippen molar-refractivity contribution in [2.75, 3.05) is 0 Å². The molecule has 1 aliphatic carbocycles. The largest absolute Gasteiger partial charge is 0.0654 e. The summed E-state index contributed by atoms with van der Waals surface area (Å²) in [5.41, 5.74) is 4.98. The van der Waals surface area contributed by atoms with Gasteiger partial charge in [-0.1, -0.05) is 69.0 Å². The van der Waals surface area contributed by atoms with Gasteiger partial charge in [0.1, 0.15) is 0 Å². The molecule has 0 unspecified atom stereocenters. The summed E-state index contributed by atoms with van der Waals surface area (Å²) in [5.74, 6) is 4.61. The van der Waals surface area contributed by atoms with Crippen molar-refractivity contribution in [3.05, 3.63) is 59.7 Å². The van der Waals surface area contributed by atoms with Crippen molar-refractivity contribution in [1.29, 1.82) is 0 Å². The number of hydrogen-bond donors (Lipinski definition) is 0. The Labute approximate surface area is 164 Å². The quantitative estimate of drug-likeness (QED) is 0.363. The average molecular weight is 365 g/mol. The Balaban J connectivity index is 1.57. The molecular weight excluding hydrogens is 336 g/mol. The Morgan fingerprint density at radius 3 is 2.04 bits per heavy atom. The van der Waals surface area contributed by atoms with Gasteiger partial charge in [0.05, 0.1) is 0 Å². The third kappa shape index (κ3) is 5.15. The molecule has 1 aliphatic rings. The van der Waals surface area contributed by atoms with E-state index in [2.05, 4.69) is 54.6 Å². The van der Waals surface area contributed by atoms with E-state index in [0.717, 1.165) is 17.4 Å². The van der Waals surface area contributed by atoms with Crippen molar-refractivity contribution in [2.45, 2.75) is 64.2 Å². The Morgan fingerprint density at radius 2 is 1.46 bits per heavy atom. The van der Waals surface area contributed by atoms with Crippen LogP contribution in [0.4, 0.5) is 0 Å². The van der Waals surface area contributed by atoms with Gasteiger partial charge in [-0.3, -0.25) is 0 Å². The summed E-state index contributed by atoms with van der Waals surface area (Å²) < 4.78 is 0. The smallest absolute Gasteiger partial charge is 0.0258 e. The zero-order chi connectivity index (χ0) is 18.2. The molecule has 1 saturated carbocycles. The molecule has 1 fully saturated rings. The van der Waals surface area contributed by atoms with Gasteiger partial charge in [-0.25, -0.2) is 0 Å². The second-order valence-electron chi connectivity index (χ2n) is 7.63. The molecule has 0 radical (unpaired) electrons. The number of rotatable bonds is 6. The van der Waals surface area contributed by atoms with Crippen LogP contribution < -0.4 is 0 Å². The minimum Gasteiger partial charge on any atom is -0.0654 e. The molecule has 2 aromatic rings. The molecule has 0 atom stereocenters. The number of benzene rings is 2. The van der Waals surface area contributed by atoms with Gasteiger partial charge in [0.15, 0.2) is 0 Å². The first-order valence-electron chi connectivity index (χ1n) is 10.1. The molecule has 0 aromatic heterocycles. The molecule has 26 heavy (non-hydrogen) atoms. The van der Waals surface area contributed by atoms with Crippen LogP contribution in [0.2, 0.25) is 0 Å². The summed E-state index contributed by atoms with van der Waals surface area (Å²) in [6.07, 6.45) is 11.2. The van der Waals surface area contributed by atoms with E-state index in [9.17, 15) is 0 Å². The minimum atomic E-state index is 0.757. The van der Waals surface area contributed by atoms with Crippen LogP contribution in [0.5, 0.6) is 0 Å². The lowest BCUT2D eigenvalue weighted by Gasteiger charge is -2.29. The van der Waals surface area contributed by atoms with Crippen molar-refractivity contribution < 1.29 is 0 Å². The van der Waals surface area contributed by atoms with Crippen LogP contribution in [0.3, 0.4) is 0 Å². The maximum Gasteiger partial charge on any atom is 0.0258 e. The predicted octanol–water partition coefficient (Wildman–Crippen LogP) is 7.76. The van der Waals surface area contributed by atoms with E-state index in [0.29, 0.717) is 0 Å². The van der Waals surface area contributed by atoms with E-state index < -0.39 is 0 Å². The molecule has 0 saturated heterocycles. The average Bonchev–Trinajstić information content (AvgIpc) is 2.70. The summed E-state index contributed by atoms with van der Waals surface area (Å²) in [6, 6.07) is 17.5. The van der Waals surface area contributed by atoms with Gasteiger partial charge in [0, 0.05) is 10.9 Å². The molecule has 1 heteroatoms. The second kappa shape index (κ2) is 9.84. The van der Waals surface area contributed by atoms with E-state index in [-0.39, 0.29) is 0 Å². The van der Waals surface area contributed by atoms with Crippen molar-refractivity contribution in [3.63, 3.8) is 0 Å². The van der Waals surface area contributed by atoms with Crippen LogP contribution in [0, 0.1) is 17.2 Å². The summed E-state index contributed by atoms with van der Waals surface area (Å²) in [7, 11) is 0. The molecule has 2 aromatic carbocycles. The predicted molar refractivity (Wildman–Crippen MR) is 113 cm³/mol. The first kappa shape index (κ1) is 19.1. The molecule has 0 nitrogen and oxygen atoms in total. The first-order chi connectivity index (χ1) is 12.8. The first-order valence-corrected chi connectivity index (χ1v) is 10.5. The lowest BCUT2D eigenvalue weighted by molar-refractivity contribution is 0.303. The zero-order valence-corrected chi connectivity index (χ0v) is 16.6. The van der Waals surface area contributed by atoms with Gasteiger partial charge in [-0.05, 0) is 83.9 Å². The highest BCUT2D eigenvalue weighted by Crippen LogP contribution is 2.38. The maximum atomic E-state index is 5.46. The van der Waals surface area contributed by atoms with Gasteiger partial charge in [-0.2, -0.15) is 0 Å². The van der Waals surface area contributed by atoms with E-state index in [1.54, 1.807) is 0 Å². The molecule has 0 aliphatic heterocycles. The molecular formula is C25H29Cl. The third-order valence-electron chi connectivity index (χ3n) is 5.85. The van der Waals surface area contributed by atoms with Gasteiger partial charge >= 0.3 is 0 Å². The number of hydrogen-bond acceptors (Lipinski definition) is 0. The highest BCUT2D eigenvalue weighted by atomic mass is 35.5. The second-order valence-corrected chi connectivity index (χ2v) is 7.82. The van der Waals surface area contributed by atoms with Crippen molar-refractivity contribution in [1.82, 2.24) is 0 Å². The zero-order valence-electron chi connectivity index (χ0n) is 15.8. The highest BCUT2D eigenvalue weighted by Gasteiger charge is 2.21. The Morgan fingerprint density at radius 1 is 0.846 bits per heavy atom. The van der Waals surface area contributed by atoms with E-state index in [4.69, 9.17) is 11.6 Å². The van der Waals surface area contributed by atoms with E-state index in [1.165, 1.54) is 68.1 Å². The van der Waals surface area contributed by atoms with Crippen LogP contribution in [-0.4, -0.2) is 0 Å². The minimum absolute atomic E-state index is 0.757. The Kier molecular flexibility index (Phi) is 7.22. The molecule has 0 spiro atoms. The molecule has 0 heterocycles. The molecule has 3 rings (SSSR count). The van der Waals surface area contributed by atoms with Gasteiger partial charge in [0.25, 0.3) is 0 Å². The molecule has 0 N–H and O–H groups in total. The fourth-order valence-corrected chi connectivity index (χ4v) is 4.32. The summed E-state index contributed by atoms with van der Waals surface area (Å²) in [5, 5.41) is 2.43. The van der Waals surface area contributed by atoms with Crippen LogP contribution in [0.1, 0.15) is 75.3 Å². The maximum absolute atomic E-state index is 5.46. The fourth-order valence-electron chi connectivity index (χ4n) is 4.22. The van der Waals surface area contributed by atoms with E-state index >= 15 is 0 Å². The summed E-state index contributed by atoms with van der Waals surface area (Å²) in [4.78, 5) is 0. The molecule has 0 amide bonds. The molecule has 0 bridgehead atoms. The topological polar surface area (TPSA) is 0 Å². The Bertz CT molecular complexity index is 722. The van der Waals surface area contributed by atoms with Gasteiger partial charge in [0.2, 0.25) is 0 Å². The van der Waals surface area contributed by atoms with Crippen LogP contribution >= 0.6 is 11.6 Å². The number of unbranched alkanes of at least 4 members (excludes halogenated alkanes) is 2. The normalized spacial score (nSPS) is 19.6. The van der Waals surface area contributed by atoms with Crippen LogP contribution in [0.25, 0.3) is 11.1 Å². The van der Waals surface area contributed by atoms with Crippen LogP contribution in [0.15, 0.2) is 48.5 Å². The standard InChI is InChI=1S/C25H29Cl/c1-2-3-4-5-20-6-10-22(11-7-20)24-14-16-25(17-15-24)23-12-8-21(9-13-23)18-19-26/h8-9,12-17,20,22H,2-7,10-11H2,1H3. The molecule has 136 valence electrons. The lowest BCUT2D eigenvalue weighted by atomic mass is 9.77. The van der Waals surface area contributed by atoms with Gasteiger partial charge in [-0.15, -0.1) is 0 Å². The number of halogens is 1. The monoisotopic (exact) mass is 364 g/mol. The fraction of sp³-hybridized carbons (Fsp3) is 0.440. The lowest BCUT2D eigenvalue weighted by Crippen LogP contribution is -2.13. The highest BCUT2D eigenvalue weighted by molar-refractivity contribution is 6.30.